The summed E-state index contributed by atoms with van der Waals surface area (Å²) in [6, 6.07) is 12.3. The first-order valence-electron chi connectivity index (χ1n) is 7.17. The van der Waals surface area contributed by atoms with Crippen LogP contribution in [0.5, 0.6) is 0 Å². The highest BCUT2D eigenvalue weighted by Gasteiger charge is 2.24. The molecule has 0 aliphatic carbocycles. The molecule has 2 heterocycles. The van der Waals surface area contributed by atoms with E-state index in [0.717, 1.165) is 0 Å². The summed E-state index contributed by atoms with van der Waals surface area (Å²) >= 11 is 1.95. The SMILES string of the molecule is CNC1CCCN(C(C)c2cc3ccccc3s2)C1. The second kappa shape index (κ2) is 5.61. The van der Waals surface area contributed by atoms with Crippen LogP contribution in [0.2, 0.25) is 0 Å². The molecule has 1 fully saturated rings. The number of nitrogens with zero attached hydrogens (tertiary/aromatic N) is 1. The Morgan fingerprint density at radius 3 is 3.00 bits per heavy atom. The van der Waals surface area contributed by atoms with Crippen LogP contribution < -0.4 is 5.32 Å². The zero-order chi connectivity index (χ0) is 13.2. The molecule has 0 spiro atoms. The number of fused-ring (bicyclic) bond motifs is 1. The monoisotopic (exact) mass is 274 g/mol. The number of benzene rings is 1. The van der Waals surface area contributed by atoms with E-state index in [-0.39, 0.29) is 0 Å². The van der Waals surface area contributed by atoms with Crippen molar-refractivity contribution in [3.63, 3.8) is 0 Å². The van der Waals surface area contributed by atoms with Crippen LogP contribution in [0.25, 0.3) is 10.1 Å². The standard InChI is InChI=1S/C16H22N2S/c1-12(18-9-5-7-14(11-18)17-2)16-10-13-6-3-4-8-15(13)19-16/h3-4,6,8,10,12,14,17H,5,7,9,11H2,1-2H3. The van der Waals surface area contributed by atoms with Gasteiger partial charge in [-0.1, -0.05) is 18.2 Å². The summed E-state index contributed by atoms with van der Waals surface area (Å²) in [6.07, 6.45) is 2.62. The largest absolute Gasteiger partial charge is 0.316 e. The topological polar surface area (TPSA) is 15.3 Å². The van der Waals surface area contributed by atoms with Gasteiger partial charge in [-0.3, -0.25) is 4.90 Å². The first-order chi connectivity index (χ1) is 9.28. The van der Waals surface area contributed by atoms with Crippen LogP contribution in [0.15, 0.2) is 30.3 Å². The highest BCUT2D eigenvalue weighted by molar-refractivity contribution is 7.19. The summed E-state index contributed by atoms with van der Waals surface area (Å²) in [4.78, 5) is 4.12. The van der Waals surface area contributed by atoms with Gasteiger partial charge in [0, 0.05) is 28.2 Å². The summed E-state index contributed by atoms with van der Waals surface area (Å²) in [6.45, 7) is 4.75. The molecule has 1 aliphatic heterocycles. The number of hydrogen-bond donors (Lipinski definition) is 1. The van der Waals surface area contributed by atoms with Crippen molar-refractivity contribution in [2.45, 2.75) is 31.8 Å². The Hall–Kier alpha value is -0.900. The van der Waals surface area contributed by atoms with E-state index in [4.69, 9.17) is 0 Å². The number of likely N-dealkylation sites (N-methyl/N-ethyl adjacent to an activating group) is 1. The fourth-order valence-corrected chi connectivity index (χ4v) is 4.13. The van der Waals surface area contributed by atoms with Gasteiger partial charge in [0.25, 0.3) is 0 Å². The maximum Gasteiger partial charge on any atom is 0.0414 e. The van der Waals surface area contributed by atoms with E-state index in [2.05, 4.69) is 54.5 Å². The summed E-state index contributed by atoms with van der Waals surface area (Å²) < 4.78 is 1.41. The lowest BCUT2D eigenvalue weighted by Gasteiger charge is -2.36. The van der Waals surface area contributed by atoms with E-state index in [9.17, 15) is 0 Å². The lowest BCUT2D eigenvalue weighted by Crippen LogP contribution is -2.45. The molecule has 1 aliphatic rings. The van der Waals surface area contributed by atoms with E-state index >= 15 is 0 Å². The lowest BCUT2D eigenvalue weighted by atomic mass is 10.0. The predicted molar refractivity (Wildman–Crippen MR) is 83.9 cm³/mol. The van der Waals surface area contributed by atoms with Crippen LogP contribution >= 0.6 is 11.3 Å². The number of likely N-dealkylation sites (tertiary alicyclic amines) is 1. The van der Waals surface area contributed by atoms with Gasteiger partial charge in [-0.15, -0.1) is 11.3 Å². The third kappa shape index (κ3) is 2.69. The Labute approximate surface area is 119 Å². The molecule has 1 aromatic heterocycles. The highest BCUT2D eigenvalue weighted by Crippen LogP contribution is 2.33. The molecule has 1 saturated heterocycles. The van der Waals surface area contributed by atoms with Crippen molar-refractivity contribution < 1.29 is 0 Å². The summed E-state index contributed by atoms with van der Waals surface area (Å²) in [5, 5.41) is 4.81. The number of hydrogen-bond acceptors (Lipinski definition) is 3. The molecule has 19 heavy (non-hydrogen) atoms. The maximum atomic E-state index is 3.43. The molecule has 0 amide bonds. The van der Waals surface area contributed by atoms with E-state index in [1.165, 1.54) is 40.9 Å². The molecule has 2 unspecified atom stereocenters. The van der Waals surface area contributed by atoms with Crippen LogP contribution in [-0.4, -0.2) is 31.1 Å². The minimum atomic E-state index is 0.536. The van der Waals surface area contributed by atoms with Gasteiger partial charge < -0.3 is 5.32 Å². The molecular weight excluding hydrogens is 252 g/mol. The molecule has 102 valence electrons. The van der Waals surface area contributed by atoms with Crippen LogP contribution in [0.4, 0.5) is 0 Å². The Morgan fingerprint density at radius 1 is 1.37 bits per heavy atom. The highest BCUT2D eigenvalue weighted by atomic mass is 32.1. The molecule has 2 aromatic rings. The zero-order valence-corrected chi connectivity index (χ0v) is 12.5. The van der Waals surface area contributed by atoms with Gasteiger partial charge in [0.15, 0.2) is 0 Å². The fraction of sp³-hybridized carbons (Fsp3) is 0.500. The van der Waals surface area contributed by atoms with Crippen LogP contribution in [0.3, 0.4) is 0 Å². The molecule has 2 atom stereocenters. The molecule has 1 N–H and O–H groups in total. The number of piperidine rings is 1. The summed E-state index contributed by atoms with van der Waals surface area (Å²) in [5.41, 5.74) is 0. The average molecular weight is 274 g/mol. The molecule has 3 rings (SSSR count). The van der Waals surface area contributed by atoms with Crippen molar-refractivity contribution in [2.75, 3.05) is 20.1 Å². The Kier molecular flexibility index (Phi) is 3.87. The van der Waals surface area contributed by atoms with Gasteiger partial charge >= 0.3 is 0 Å². The summed E-state index contributed by atoms with van der Waals surface area (Å²) in [5.74, 6) is 0. The Balaban J connectivity index is 1.80. The van der Waals surface area contributed by atoms with Gasteiger partial charge in [-0.2, -0.15) is 0 Å². The van der Waals surface area contributed by atoms with Gasteiger partial charge in [0.2, 0.25) is 0 Å². The van der Waals surface area contributed by atoms with Crippen molar-refractivity contribution in [2.24, 2.45) is 0 Å². The van der Waals surface area contributed by atoms with Crippen LogP contribution in [-0.2, 0) is 0 Å². The van der Waals surface area contributed by atoms with Crippen molar-refractivity contribution in [1.29, 1.82) is 0 Å². The van der Waals surface area contributed by atoms with Gasteiger partial charge in [0.1, 0.15) is 0 Å². The minimum absolute atomic E-state index is 0.536. The van der Waals surface area contributed by atoms with Gasteiger partial charge in [-0.05, 0) is 50.9 Å². The molecule has 0 saturated carbocycles. The Morgan fingerprint density at radius 2 is 2.21 bits per heavy atom. The third-order valence-electron chi connectivity index (χ3n) is 4.27. The van der Waals surface area contributed by atoms with Crippen LogP contribution in [0, 0.1) is 0 Å². The van der Waals surface area contributed by atoms with E-state index in [0.29, 0.717) is 12.1 Å². The quantitative estimate of drug-likeness (QED) is 0.919. The molecule has 1 aromatic carbocycles. The number of nitrogens with one attached hydrogen (secondary N) is 1. The molecule has 2 nitrogen and oxygen atoms in total. The average Bonchev–Trinajstić information content (AvgIpc) is 2.90. The fourth-order valence-electron chi connectivity index (χ4n) is 2.98. The molecule has 0 bridgehead atoms. The molecule has 0 radical (unpaired) electrons. The predicted octanol–water partition coefficient (Wildman–Crippen LogP) is 3.65. The Bertz CT molecular complexity index is 515. The second-order valence-electron chi connectivity index (χ2n) is 5.49. The van der Waals surface area contributed by atoms with E-state index < -0.39 is 0 Å². The number of thiophene rings is 1. The third-order valence-corrected chi connectivity index (χ3v) is 5.55. The first kappa shape index (κ1) is 13.1. The molecular formula is C16H22N2S. The van der Waals surface area contributed by atoms with E-state index in [1.807, 2.05) is 11.3 Å². The smallest absolute Gasteiger partial charge is 0.0414 e. The van der Waals surface area contributed by atoms with Crippen molar-refractivity contribution in [3.05, 3.63) is 35.2 Å². The van der Waals surface area contributed by atoms with Crippen LogP contribution in [0.1, 0.15) is 30.7 Å². The van der Waals surface area contributed by atoms with E-state index in [1.54, 1.807) is 0 Å². The van der Waals surface area contributed by atoms with Gasteiger partial charge in [0.05, 0.1) is 0 Å². The normalized spacial score (nSPS) is 22.7. The van der Waals surface area contributed by atoms with Crippen molar-refractivity contribution >= 4 is 21.4 Å². The number of rotatable bonds is 3. The first-order valence-corrected chi connectivity index (χ1v) is 7.99. The van der Waals surface area contributed by atoms with Crippen molar-refractivity contribution in [1.82, 2.24) is 10.2 Å². The molecule has 3 heteroatoms. The van der Waals surface area contributed by atoms with Crippen molar-refractivity contribution in [3.8, 4) is 0 Å². The lowest BCUT2D eigenvalue weighted by molar-refractivity contribution is 0.151. The second-order valence-corrected chi connectivity index (χ2v) is 6.60. The zero-order valence-electron chi connectivity index (χ0n) is 11.7. The minimum Gasteiger partial charge on any atom is -0.316 e. The van der Waals surface area contributed by atoms with Gasteiger partial charge in [-0.25, -0.2) is 0 Å². The maximum absolute atomic E-state index is 3.43. The summed E-state index contributed by atoms with van der Waals surface area (Å²) in [7, 11) is 2.08.